The van der Waals surface area contributed by atoms with E-state index in [4.69, 9.17) is 31.9 Å². The number of nitrogens with one attached hydrogen (secondary N) is 2. The Bertz CT molecular complexity index is 1850. The predicted octanol–water partition coefficient (Wildman–Crippen LogP) is 7.09. The van der Waals surface area contributed by atoms with Crippen LogP contribution in [0.25, 0.3) is 11.2 Å². The normalized spacial score (nSPS) is 22.7. The van der Waals surface area contributed by atoms with Gasteiger partial charge in [0.2, 0.25) is 5.95 Å². The molecule has 0 radical (unpaired) electrons. The van der Waals surface area contributed by atoms with E-state index in [1.807, 2.05) is 55.4 Å². The molecule has 4 heterocycles. The van der Waals surface area contributed by atoms with Crippen LogP contribution in [-0.4, -0.2) is 99.8 Å². The molecule has 22 heteroatoms. The van der Waals surface area contributed by atoms with E-state index in [-0.39, 0.29) is 45.9 Å². The van der Waals surface area contributed by atoms with Crippen LogP contribution in [0.5, 0.6) is 5.75 Å². The number of halogens is 6. The van der Waals surface area contributed by atoms with Gasteiger partial charge < -0.3 is 31.9 Å². The molecule has 4 atom stereocenters. The molecule has 2 aliphatic rings. The summed E-state index contributed by atoms with van der Waals surface area (Å²) in [4.78, 5) is 37.0. The van der Waals surface area contributed by atoms with Gasteiger partial charge in [-0.05, 0) is 34.3 Å². The number of benzene rings is 1. The minimum Gasteiger partial charge on any atom is -0.484 e. The molecule has 14 nitrogen and oxygen atoms in total. The Hall–Kier alpha value is -3.39. The van der Waals surface area contributed by atoms with E-state index in [1.54, 1.807) is 30.3 Å². The van der Waals surface area contributed by atoms with Crippen LogP contribution >= 0.6 is 0 Å². The van der Waals surface area contributed by atoms with Crippen LogP contribution in [0.1, 0.15) is 61.6 Å². The zero-order chi connectivity index (χ0) is 42.1. The van der Waals surface area contributed by atoms with Gasteiger partial charge in [0.1, 0.15) is 30.9 Å². The fourth-order valence-corrected chi connectivity index (χ4v) is 18.4. The number of amides is 1. The first-order chi connectivity index (χ1) is 26.6. The number of para-hydroxylation sites is 1. The third-order valence-corrected chi connectivity index (χ3v) is 20.4. The first-order valence-electron chi connectivity index (χ1n) is 18.5. The summed E-state index contributed by atoms with van der Waals surface area (Å²) in [6.07, 6.45) is -14.6. The van der Waals surface area contributed by atoms with Gasteiger partial charge >= 0.3 is 29.5 Å². The maximum Gasteiger partial charge on any atom is 0.402 e. The lowest BCUT2D eigenvalue weighted by Gasteiger charge is -2.51. The highest BCUT2D eigenvalue weighted by Gasteiger charge is 2.62. The third-order valence-electron chi connectivity index (χ3n) is 10.1. The number of rotatable bonds is 14. The maximum atomic E-state index is 13.3. The van der Waals surface area contributed by atoms with E-state index >= 15 is 0 Å². The Morgan fingerprint density at radius 1 is 0.965 bits per heavy atom. The van der Waals surface area contributed by atoms with Crippen molar-refractivity contribution in [3.05, 3.63) is 47.0 Å². The van der Waals surface area contributed by atoms with E-state index in [1.165, 1.54) is 10.9 Å². The molecular weight excluding hydrogens is 805 g/mol. The number of hydrogen-bond donors (Lipinski definition) is 2. The number of H-pyrrole nitrogens is 1. The summed E-state index contributed by atoms with van der Waals surface area (Å²) in [6, 6.07) is 8.53. The Balaban J connectivity index is 1.53. The first-order valence-corrected chi connectivity index (χ1v) is 22.5. The summed E-state index contributed by atoms with van der Waals surface area (Å²) in [7, 11) is -6.46. The van der Waals surface area contributed by atoms with Crippen LogP contribution in [0.2, 0.25) is 22.2 Å². The zero-order valence-corrected chi connectivity index (χ0v) is 34.8. The quantitative estimate of drug-likeness (QED) is 0.0739. The molecule has 2 aromatic heterocycles. The van der Waals surface area contributed by atoms with Crippen LogP contribution in [0.3, 0.4) is 0 Å². The van der Waals surface area contributed by atoms with Gasteiger partial charge in [-0.25, -0.2) is 4.98 Å². The van der Waals surface area contributed by atoms with E-state index in [0.29, 0.717) is 5.75 Å². The smallest absolute Gasteiger partial charge is 0.402 e. The molecule has 0 spiro atoms. The van der Waals surface area contributed by atoms with Crippen LogP contribution in [0.15, 0.2) is 41.5 Å². The molecule has 0 saturated carbocycles. The summed E-state index contributed by atoms with van der Waals surface area (Å²) in [5, 5.41) is 2.47. The molecule has 0 bridgehead atoms. The number of imidazole rings is 1. The summed E-state index contributed by atoms with van der Waals surface area (Å²) in [6.45, 7) is 12.6. The minimum absolute atomic E-state index is 0.0323. The average Bonchev–Trinajstić information content (AvgIpc) is 3.66. The van der Waals surface area contributed by atoms with Gasteiger partial charge in [-0.3, -0.25) is 24.5 Å². The van der Waals surface area contributed by atoms with E-state index in [9.17, 15) is 35.9 Å². The average molecular weight is 854 g/mol. The standard InChI is InChI=1S/C35H49F6N5O9Si2/c1-19(2)56(20(3)4)52-14-24-28(54-57(55-56,21(5)6)22(7)8)29(51-18-49-15-25(34(36,37)38)35(39,40)41)32(53-24)46-17-42-27-30(46)44-33(45-31(27)48)43-26(47)16-50-23-12-10-9-11-13-23/h9-13,17,19-22,24-25,28-29,32H,14-16,18H2,1-8H3,(H2,43,44,45,47,48)/t24-,28-,29?,32+/m0/s1. The molecule has 5 rings (SSSR count). The number of carbonyl (C=O) groups excluding carboxylic acids is 1. The van der Waals surface area contributed by atoms with Crippen LogP contribution in [-0.2, 0) is 32.0 Å². The van der Waals surface area contributed by atoms with Crippen LogP contribution in [0.4, 0.5) is 32.3 Å². The topological polar surface area (TPSA) is 157 Å². The molecule has 2 saturated heterocycles. The number of fused-ring (bicyclic) bond motifs is 2. The number of carbonyl (C=O) groups is 1. The molecule has 2 N–H and O–H groups in total. The molecule has 1 aromatic carbocycles. The van der Waals surface area contributed by atoms with E-state index < -0.39 is 91.4 Å². The number of aromatic nitrogens is 4. The van der Waals surface area contributed by atoms with E-state index in [2.05, 4.69) is 20.3 Å². The third kappa shape index (κ3) is 9.58. The summed E-state index contributed by atoms with van der Waals surface area (Å²) >= 11 is 0. The Labute approximate surface area is 327 Å². The SMILES string of the molecule is CC(C)[Si]1(C(C)C)OC[C@@H]2O[C@@H](n3cnc4c(=O)[nH]c(NC(=O)COc5ccccc5)nc43)C(OCOCC(C(F)(F)F)C(F)(F)F)[C@H]2O[Si](C(C)C)(C(C)C)O1. The Morgan fingerprint density at radius 3 is 2.16 bits per heavy atom. The lowest BCUT2D eigenvalue weighted by molar-refractivity contribution is -0.299. The van der Waals surface area contributed by atoms with E-state index in [0.717, 1.165) is 0 Å². The number of nitrogens with zero attached hydrogens (tertiary/aromatic N) is 3. The van der Waals surface area contributed by atoms with Gasteiger partial charge in [0.05, 0.1) is 19.5 Å². The highest BCUT2D eigenvalue weighted by Crippen LogP contribution is 2.49. The van der Waals surface area contributed by atoms with Crippen molar-refractivity contribution in [1.29, 1.82) is 0 Å². The van der Waals surface area contributed by atoms with Gasteiger partial charge in [-0.2, -0.15) is 31.3 Å². The lowest BCUT2D eigenvalue weighted by atomic mass is 10.1. The lowest BCUT2D eigenvalue weighted by Crippen LogP contribution is -2.66. The van der Waals surface area contributed by atoms with Crippen molar-refractivity contribution in [2.45, 2.75) is 114 Å². The van der Waals surface area contributed by atoms with Gasteiger partial charge in [0.15, 0.2) is 29.9 Å². The second-order valence-electron chi connectivity index (χ2n) is 15.3. The first kappa shape index (κ1) is 44.7. The molecular formula is C35H49F6N5O9Si2. The van der Waals surface area contributed by atoms with Crippen LogP contribution in [0, 0.1) is 5.92 Å². The van der Waals surface area contributed by atoms with Gasteiger partial charge in [-0.15, -0.1) is 0 Å². The van der Waals surface area contributed by atoms with Gasteiger partial charge in [-0.1, -0.05) is 73.6 Å². The number of alkyl halides is 6. The molecule has 0 aliphatic carbocycles. The molecule has 1 unspecified atom stereocenters. The van der Waals surface area contributed by atoms with Crippen molar-refractivity contribution in [3.8, 4) is 5.75 Å². The van der Waals surface area contributed by atoms with Gasteiger partial charge in [0.25, 0.3) is 11.5 Å². The molecule has 1 amide bonds. The molecule has 57 heavy (non-hydrogen) atoms. The summed E-state index contributed by atoms with van der Waals surface area (Å²) < 4.78 is 125. The minimum atomic E-state index is -5.63. The highest BCUT2D eigenvalue weighted by atomic mass is 28.5. The number of hydrogen-bond acceptors (Lipinski definition) is 11. The molecule has 318 valence electrons. The zero-order valence-electron chi connectivity index (χ0n) is 32.8. The fourth-order valence-electron chi connectivity index (χ4n) is 7.20. The summed E-state index contributed by atoms with van der Waals surface area (Å²) in [5.41, 5.74) is -1.42. The van der Waals surface area contributed by atoms with Crippen molar-refractivity contribution >= 4 is 40.1 Å². The molecule has 3 aromatic rings. The Morgan fingerprint density at radius 2 is 1.58 bits per heavy atom. The number of ether oxygens (including phenoxy) is 4. The molecule has 2 aliphatic heterocycles. The van der Waals surface area contributed by atoms with Crippen molar-refractivity contribution in [1.82, 2.24) is 19.5 Å². The second kappa shape index (κ2) is 17.5. The monoisotopic (exact) mass is 853 g/mol. The number of anilines is 1. The maximum absolute atomic E-state index is 13.3. The predicted molar refractivity (Wildman–Crippen MR) is 198 cm³/mol. The Kier molecular flexibility index (Phi) is 13.7. The second-order valence-corrected chi connectivity index (χ2v) is 24.1. The van der Waals surface area contributed by atoms with Crippen molar-refractivity contribution < 1.29 is 63.1 Å². The van der Waals surface area contributed by atoms with Crippen molar-refractivity contribution in [2.75, 3.05) is 31.9 Å². The molecule has 2 fully saturated rings. The largest absolute Gasteiger partial charge is 0.484 e. The fraction of sp³-hybridized carbons (Fsp3) is 0.657. The number of aromatic amines is 1. The van der Waals surface area contributed by atoms with Crippen molar-refractivity contribution in [3.63, 3.8) is 0 Å². The van der Waals surface area contributed by atoms with Crippen molar-refractivity contribution in [2.24, 2.45) is 5.92 Å². The summed E-state index contributed by atoms with van der Waals surface area (Å²) in [5.74, 6) is -4.26. The van der Waals surface area contributed by atoms with Crippen LogP contribution < -0.4 is 15.6 Å². The highest BCUT2D eigenvalue weighted by molar-refractivity contribution is 6.84. The van der Waals surface area contributed by atoms with Gasteiger partial charge in [0, 0.05) is 0 Å².